The first-order valence-corrected chi connectivity index (χ1v) is 6.94. The lowest BCUT2D eigenvalue weighted by molar-refractivity contribution is -0.137. The van der Waals surface area contributed by atoms with Crippen molar-refractivity contribution in [3.63, 3.8) is 0 Å². The van der Waals surface area contributed by atoms with E-state index in [4.69, 9.17) is 0 Å². The van der Waals surface area contributed by atoms with Gasteiger partial charge < -0.3 is 10.2 Å². The highest BCUT2D eigenvalue weighted by Gasteiger charge is 2.36. The van der Waals surface area contributed by atoms with Crippen molar-refractivity contribution >= 4 is 21.6 Å². The Hall–Kier alpha value is -0.750. The summed E-state index contributed by atoms with van der Waals surface area (Å²) in [6.07, 6.45) is -4.34. The molecule has 2 nitrogen and oxygen atoms in total. The summed E-state index contributed by atoms with van der Waals surface area (Å²) in [5.41, 5.74) is -0.320. The highest BCUT2D eigenvalue weighted by Crippen LogP contribution is 2.38. The molecule has 0 aromatic heterocycles. The van der Waals surface area contributed by atoms with Crippen LogP contribution in [0.15, 0.2) is 22.7 Å². The molecule has 2 unspecified atom stereocenters. The molecule has 6 heteroatoms. The molecule has 2 rings (SSSR count). The lowest BCUT2D eigenvalue weighted by Crippen LogP contribution is -2.54. The van der Waals surface area contributed by atoms with Crippen molar-refractivity contribution in [3.8, 4) is 0 Å². The number of hydrogen-bond donors (Lipinski definition) is 1. The van der Waals surface area contributed by atoms with Crippen LogP contribution in [-0.4, -0.2) is 25.2 Å². The molecule has 19 heavy (non-hydrogen) atoms. The summed E-state index contributed by atoms with van der Waals surface area (Å²) in [4.78, 5) is 1.81. The zero-order valence-corrected chi connectivity index (χ0v) is 12.3. The van der Waals surface area contributed by atoms with E-state index < -0.39 is 11.7 Å². The van der Waals surface area contributed by atoms with E-state index in [9.17, 15) is 13.2 Å². The van der Waals surface area contributed by atoms with Gasteiger partial charge in [-0.1, -0.05) is 15.9 Å². The number of benzene rings is 1. The maximum Gasteiger partial charge on any atom is 0.418 e. The highest BCUT2D eigenvalue weighted by atomic mass is 79.9. The second-order valence-corrected chi connectivity index (χ2v) is 5.95. The first-order chi connectivity index (χ1) is 8.77. The Balaban J connectivity index is 2.39. The van der Waals surface area contributed by atoms with Gasteiger partial charge in [0.15, 0.2) is 0 Å². The zero-order chi connectivity index (χ0) is 14.2. The van der Waals surface area contributed by atoms with Crippen LogP contribution >= 0.6 is 15.9 Å². The minimum Gasteiger partial charge on any atom is -0.368 e. The molecule has 0 saturated carbocycles. The Morgan fingerprint density at radius 3 is 2.32 bits per heavy atom. The molecule has 1 aliphatic heterocycles. The van der Waals surface area contributed by atoms with Crippen LogP contribution in [0, 0.1) is 0 Å². The van der Waals surface area contributed by atoms with Crippen molar-refractivity contribution in [1.82, 2.24) is 5.32 Å². The fraction of sp³-hybridized carbons (Fsp3) is 0.538. The smallest absolute Gasteiger partial charge is 0.368 e. The van der Waals surface area contributed by atoms with Crippen LogP contribution in [0.3, 0.4) is 0 Å². The van der Waals surface area contributed by atoms with Gasteiger partial charge in [0.2, 0.25) is 0 Å². The predicted octanol–water partition coefficient (Wildman–Crippen LogP) is 3.65. The molecule has 1 N–H and O–H groups in total. The Kier molecular flexibility index (Phi) is 4.11. The lowest BCUT2D eigenvalue weighted by atomic mass is 10.1. The summed E-state index contributed by atoms with van der Waals surface area (Å²) in [5, 5.41) is 3.32. The molecule has 1 aliphatic rings. The maximum absolute atomic E-state index is 13.1. The Morgan fingerprint density at radius 2 is 1.79 bits per heavy atom. The quantitative estimate of drug-likeness (QED) is 0.842. The van der Waals surface area contributed by atoms with Crippen LogP contribution in [0.5, 0.6) is 0 Å². The van der Waals surface area contributed by atoms with Crippen molar-refractivity contribution in [2.75, 3.05) is 18.0 Å². The highest BCUT2D eigenvalue weighted by molar-refractivity contribution is 9.10. The number of piperazine rings is 1. The lowest BCUT2D eigenvalue weighted by Gasteiger charge is -2.38. The van der Waals surface area contributed by atoms with E-state index in [1.54, 1.807) is 11.0 Å². The summed E-state index contributed by atoms with van der Waals surface area (Å²) < 4.78 is 39.8. The van der Waals surface area contributed by atoms with Gasteiger partial charge in [0.1, 0.15) is 0 Å². The normalized spacial score (nSPS) is 24.6. The van der Waals surface area contributed by atoms with E-state index in [2.05, 4.69) is 21.2 Å². The summed E-state index contributed by atoms with van der Waals surface area (Å²) >= 11 is 3.11. The van der Waals surface area contributed by atoms with Crippen molar-refractivity contribution in [2.24, 2.45) is 0 Å². The van der Waals surface area contributed by atoms with Crippen LogP contribution in [0.2, 0.25) is 0 Å². The number of nitrogens with zero attached hydrogens (tertiary/aromatic N) is 1. The van der Waals surface area contributed by atoms with Gasteiger partial charge in [0.25, 0.3) is 0 Å². The monoisotopic (exact) mass is 336 g/mol. The fourth-order valence-electron chi connectivity index (χ4n) is 2.53. The minimum atomic E-state index is -4.34. The number of anilines is 1. The predicted molar refractivity (Wildman–Crippen MR) is 73.4 cm³/mol. The van der Waals surface area contributed by atoms with Gasteiger partial charge in [-0.15, -0.1) is 0 Å². The van der Waals surface area contributed by atoms with Crippen LogP contribution in [0.1, 0.15) is 19.4 Å². The zero-order valence-electron chi connectivity index (χ0n) is 10.8. The third-order valence-electron chi connectivity index (χ3n) is 3.16. The van der Waals surface area contributed by atoms with Crippen molar-refractivity contribution in [2.45, 2.75) is 32.1 Å². The van der Waals surface area contributed by atoms with Crippen LogP contribution in [0.25, 0.3) is 0 Å². The fourth-order valence-corrected chi connectivity index (χ4v) is 2.90. The van der Waals surface area contributed by atoms with E-state index >= 15 is 0 Å². The number of alkyl halides is 3. The molecule has 1 fully saturated rings. The van der Waals surface area contributed by atoms with Crippen LogP contribution in [-0.2, 0) is 6.18 Å². The Bertz CT molecular complexity index is 452. The first-order valence-electron chi connectivity index (χ1n) is 6.15. The molecular weight excluding hydrogens is 321 g/mol. The molecule has 0 spiro atoms. The molecule has 0 bridgehead atoms. The maximum atomic E-state index is 13.1. The number of nitrogens with one attached hydrogen (secondary N) is 1. The third kappa shape index (κ3) is 3.42. The molecule has 0 radical (unpaired) electrons. The first kappa shape index (κ1) is 14.7. The summed E-state index contributed by atoms with van der Waals surface area (Å²) in [7, 11) is 0. The average Bonchev–Trinajstić information content (AvgIpc) is 2.26. The topological polar surface area (TPSA) is 15.3 Å². The average molecular weight is 337 g/mol. The standard InChI is InChI=1S/C13H16BrF3N2/c1-8-6-19(7-9(2)18-8)12-4-3-10(14)5-11(12)13(15,16)17/h3-5,8-9,18H,6-7H2,1-2H3. The largest absolute Gasteiger partial charge is 0.418 e. The second-order valence-electron chi connectivity index (χ2n) is 5.03. The second kappa shape index (κ2) is 5.32. The SMILES string of the molecule is CC1CN(c2ccc(Br)cc2C(F)(F)F)CC(C)N1. The molecule has 1 saturated heterocycles. The van der Waals surface area contributed by atoms with Gasteiger partial charge in [-0.05, 0) is 32.0 Å². The van der Waals surface area contributed by atoms with Gasteiger partial charge in [-0.25, -0.2) is 0 Å². The molecular formula is C13H16BrF3N2. The van der Waals surface area contributed by atoms with Crippen LogP contribution in [0.4, 0.5) is 18.9 Å². The third-order valence-corrected chi connectivity index (χ3v) is 3.66. The number of hydrogen-bond acceptors (Lipinski definition) is 2. The van der Waals surface area contributed by atoms with E-state index in [0.29, 0.717) is 17.6 Å². The summed E-state index contributed by atoms with van der Waals surface area (Å²) in [5.74, 6) is 0. The Morgan fingerprint density at radius 1 is 1.21 bits per heavy atom. The molecule has 1 aromatic carbocycles. The van der Waals surface area contributed by atoms with Crippen molar-refractivity contribution in [1.29, 1.82) is 0 Å². The van der Waals surface area contributed by atoms with Gasteiger partial charge in [-0.3, -0.25) is 0 Å². The molecule has 1 aromatic rings. The molecule has 0 aliphatic carbocycles. The summed E-state index contributed by atoms with van der Waals surface area (Å²) in [6.45, 7) is 5.12. The summed E-state index contributed by atoms with van der Waals surface area (Å²) in [6, 6.07) is 4.69. The number of halogens is 4. The van der Waals surface area contributed by atoms with E-state index in [0.717, 1.165) is 6.07 Å². The van der Waals surface area contributed by atoms with Crippen molar-refractivity contribution < 1.29 is 13.2 Å². The van der Waals surface area contributed by atoms with Crippen LogP contribution < -0.4 is 10.2 Å². The Labute approximate surface area is 119 Å². The van der Waals surface area contributed by atoms with E-state index in [1.807, 2.05) is 13.8 Å². The molecule has 1 heterocycles. The van der Waals surface area contributed by atoms with Crippen molar-refractivity contribution in [3.05, 3.63) is 28.2 Å². The van der Waals surface area contributed by atoms with E-state index in [1.165, 1.54) is 6.07 Å². The number of rotatable bonds is 1. The van der Waals surface area contributed by atoms with Gasteiger partial charge in [0.05, 0.1) is 5.56 Å². The molecule has 2 atom stereocenters. The van der Waals surface area contributed by atoms with Gasteiger partial charge in [-0.2, -0.15) is 13.2 Å². The van der Waals surface area contributed by atoms with Gasteiger partial charge >= 0.3 is 6.18 Å². The van der Waals surface area contributed by atoms with E-state index in [-0.39, 0.29) is 17.8 Å². The van der Waals surface area contributed by atoms with Gasteiger partial charge in [0, 0.05) is 35.3 Å². The minimum absolute atomic E-state index is 0.175. The molecule has 106 valence electrons. The molecule has 0 amide bonds.